The van der Waals surface area contributed by atoms with Gasteiger partial charge in [-0.3, -0.25) is 14.4 Å². The number of carboxylic acids is 1. The van der Waals surface area contributed by atoms with Crippen molar-refractivity contribution in [3.05, 3.63) is 35.9 Å². The first-order chi connectivity index (χ1) is 13.6. The van der Waals surface area contributed by atoms with E-state index in [2.05, 4.69) is 16.0 Å². The van der Waals surface area contributed by atoms with Crippen LogP contribution in [0, 0.1) is 5.92 Å². The molecule has 0 heterocycles. The zero-order valence-corrected chi connectivity index (χ0v) is 17.0. The first-order valence-corrected chi connectivity index (χ1v) is 9.50. The maximum absolute atomic E-state index is 12.6. The molecule has 0 saturated carbocycles. The van der Waals surface area contributed by atoms with Crippen molar-refractivity contribution in [2.75, 3.05) is 6.54 Å². The highest BCUT2D eigenvalue weighted by molar-refractivity contribution is 5.93. The molecule has 0 spiro atoms. The third kappa shape index (κ3) is 8.73. The monoisotopic (exact) mass is 406 g/mol. The van der Waals surface area contributed by atoms with Crippen LogP contribution < -0.4 is 21.7 Å². The fourth-order valence-corrected chi connectivity index (χ4v) is 2.68. The van der Waals surface area contributed by atoms with E-state index in [9.17, 15) is 24.3 Å². The highest BCUT2D eigenvalue weighted by atomic mass is 16.4. The molecule has 3 amide bonds. The van der Waals surface area contributed by atoms with Crippen molar-refractivity contribution in [3.63, 3.8) is 0 Å². The summed E-state index contributed by atoms with van der Waals surface area (Å²) in [7, 11) is 0. The van der Waals surface area contributed by atoms with Crippen molar-refractivity contribution >= 4 is 23.7 Å². The van der Waals surface area contributed by atoms with Gasteiger partial charge < -0.3 is 26.8 Å². The van der Waals surface area contributed by atoms with Crippen LogP contribution in [0.1, 0.15) is 32.8 Å². The number of hydrogen-bond acceptors (Lipinski definition) is 5. The Kier molecular flexibility index (Phi) is 9.81. The Bertz CT molecular complexity index is 708. The normalized spacial score (nSPS) is 13.8. The van der Waals surface area contributed by atoms with E-state index in [4.69, 9.17) is 5.73 Å². The van der Waals surface area contributed by atoms with Crippen LogP contribution in [0.2, 0.25) is 0 Å². The Balaban J connectivity index is 2.79. The Hall–Kier alpha value is -2.94. The number of aliphatic carboxylic acids is 1. The predicted octanol–water partition coefficient (Wildman–Crippen LogP) is -0.207. The number of hydrogen-bond donors (Lipinski definition) is 5. The number of carboxylic acid groups (broad SMARTS) is 1. The van der Waals surface area contributed by atoms with Gasteiger partial charge in [-0.1, -0.05) is 44.2 Å². The van der Waals surface area contributed by atoms with E-state index in [1.165, 1.54) is 6.92 Å². The molecule has 0 saturated heterocycles. The molecule has 0 radical (unpaired) electrons. The summed E-state index contributed by atoms with van der Waals surface area (Å²) in [4.78, 5) is 48.0. The Labute approximate surface area is 170 Å². The van der Waals surface area contributed by atoms with Crippen LogP contribution in [0.3, 0.4) is 0 Å². The van der Waals surface area contributed by atoms with Crippen molar-refractivity contribution in [1.82, 2.24) is 16.0 Å². The van der Waals surface area contributed by atoms with Gasteiger partial charge in [-0.25, -0.2) is 4.79 Å². The lowest BCUT2D eigenvalue weighted by Gasteiger charge is -2.23. The van der Waals surface area contributed by atoms with Crippen molar-refractivity contribution < 1.29 is 24.3 Å². The van der Waals surface area contributed by atoms with Gasteiger partial charge in [-0.2, -0.15) is 0 Å². The summed E-state index contributed by atoms with van der Waals surface area (Å²) in [6.45, 7) is 4.87. The lowest BCUT2D eigenvalue weighted by Crippen LogP contribution is -2.55. The quantitative estimate of drug-likeness (QED) is 0.343. The van der Waals surface area contributed by atoms with Crippen molar-refractivity contribution in [1.29, 1.82) is 0 Å². The summed E-state index contributed by atoms with van der Waals surface area (Å²) in [5.41, 5.74) is 6.15. The number of benzene rings is 1. The highest BCUT2D eigenvalue weighted by Crippen LogP contribution is 2.06. The minimum atomic E-state index is -1.14. The third-order valence-corrected chi connectivity index (χ3v) is 4.19. The molecular formula is C20H30N4O5. The minimum Gasteiger partial charge on any atom is -0.480 e. The van der Waals surface area contributed by atoms with Gasteiger partial charge in [-0.05, 0) is 24.8 Å². The summed E-state index contributed by atoms with van der Waals surface area (Å²) < 4.78 is 0. The zero-order chi connectivity index (χ0) is 22.0. The Morgan fingerprint density at radius 3 is 2.07 bits per heavy atom. The molecule has 0 bridgehead atoms. The van der Waals surface area contributed by atoms with Gasteiger partial charge in [-0.15, -0.1) is 0 Å². The van der Waals surface area contributed by atoms with Gasteiger partial charge in [0.1, 0.15) is 18.1 Å². The van der Waals surface area contributed by atoms with Gasteiger partial charge in [0, 0.05) is 6.42 Å². The van der Waals surface area contributed by atoms with Crippen LogP contribution in [0.5, 0.6) is 0 Å². The molecule has 0 aliphatic carbocycles. The van der Waals surface area contributed by atoms with Crippen LogP contribution >= 0.6 is 0 Å². The van der Waals surface area contributed by atoms with Gasteiger partial charge in [0.25, 0.3) is 0 Å². The predicted molar refractivity (Wildman–Crippen MR) is 108 cm³/mol. The van der Waals surface area contributed by atoms with E-state index in [0.29, 0.717) is 0 Å². The van der Waals surface area contributed by atoms with Crippen LogP contribution in [-0.2, 0) is 25.6 Å². The molecule has 0 aliphatic heterocycles. The fourth-order valence-electron chi connectivity index (χ4n) is 2.68. The lowest BCUT2D eigenvalue weighted by molar-refractivity contribution is -0.142. The van der Waals surface area contributed by atoms with E-state index in [0.717, 1.165) is 5.56 Å². The van der Waals surface area contributed by atoms with Crippen molar-refractivity contribution in [3.8, 4) is 0 Å². The molecule has 6 N–H and O–H groups in total. The number of nitrogens with one attached hydrogen (secondary N) is 3. The topological polar surface area (TPSA) is 151 Å². The first kappa shape index (κ1) is 24.1. The maximum Gasteiger partial charge on any atom is 0.326 e. The number of carbonyl (C=O) groups excluding carboxylic acids is 3. The van der Waals surface area contributed by atoms with Crippen molar-refractivity contribution in [2.24, 2.45) is 11.7 Å². The average Bonchev–Trinajstić information content (AvgIpc) is 2.66. The Morgan fingerprint density at radius 2 is 1.55 bits per heavy atom. The molecule has 3 atom stereocenters. The van der Waals surface area contributed by atoms with E-state index >= 15 is 0 Å². The van der Waals surface area contributed by atoms with Gasteiger partial charge in [0.2, 0.25) is 17.7 Å². The number of carbonyl (C=O) groups is 4. The minimum absolute atomic E-state index is 0.0722. The highest BCUT2D eigenvalue weighted by Gasteiger charge is 2.27. The van der Waals surface area contributed by atoms with Crippen LogP contribution in [-0.4, -0.2) is 53.5 Å². The molecule has 1 rings (SSSR count). The molecule has 9 heteroatoms. The third-order valence-electron chi connectivity index (χ3n) is 4.19. The molecule has 1 aromatic carbocycles. The lowest BCUT2D eigenvalue weighted by atomic mass is 10.0. The second kappa shape index (κ2) is 11.8. The summed E-state index contributed by atoms with van der Waals surface area (Å²) in [5, 5.41) is 16.8. The van der Waals surface area contributed by atoms with Crippen LogP contribution in [0.15, 0.2) is 30.3 Å². The molecule has 29 heavy (non-hydrogen) atoms. The number of rotatable bonds is 11. The second-order valence-corrected chi connectivity index (χ2v) is 7.27. The molecule has 9 nitrogen and oxygen atoms in total. The van der Waals surface area contributed by atoms with Gasteiger partial charge in [0.15, 0.2) is 0 Å². The van der Waals surface area contributed by atoms with E-state index < -0.39 is 41.8 Å². The summed E-state index contributed by atoms with van der Waals surface area (Å²) in [6.07, 6.45) is 0.489. The van der Waals surface area contributed by atoms with Crippen LogP contribution in [0.25, 0.3) is 0 Å². The molecule has 0 unspecified atom stereocenters. The SMILES string of the molecule is CC(C)C[C@H](NC(=O)[C@H](C)NC(=O)[C@H](Cc1ccccc1)NC(=O)CN)C(=O)O. The van der Waals surface area contributed by atoms with Crippen molar-refractivity contribution in [2.45, 2.75) is 51.7 Å². The molecular weight excluding hydrogens is 376 g/mol. The molecule has 0 fully saturated rings. The average molecular weight is 406 g/mol. The summed E-state index contributed by atoms with van der Waals surface area (Å²) >= 11 is 0. The fraction of sp³-hybridized carbons (Fsp3) is 0.500. The molecule has 0 aliphatic rings. The first-order valence-electron chi connectivity index (χ1n) is 9.50. The summed E-state index contributed by atoms with van der Waals surface area (Å²) in [5.74, 6) is -2.74. The largest absolute Gasteiger partial charge is 0.480 e. The Morgan fingerprint density at radius 1 is 0.931 bits per heavy atom. The number of amides is 3. The van der Waals surface area contributed by atoms with E-state index in [1.807, 2.05) is 44.2 Å². The van der Waals surface area contributed by atoms with Gasteiger partial charge >= 0.3 is 5.97 Å². The number of nitrogens with two attached hydrogens (primary N) is 1. The second-order valence-electron chi connectivity index (χ2n) is 7.27. The van der Waals surface area contributed by atoms with E-state index in [1.54, 1.807) is 0 Å². The van der Waals surface area contributed by atoms with Crippen LogP contribution in [0.4, 0.5) is 0 Å². The standard InChI is InChI=1S/C20H30N4O5/c1-12(2)9-16(20(28)29)24-18(26)13(3)22-19(27)15(23-17(25)11-21)10-14-7-5-4-6-8-14/h4-8,12-13,15-16H,9-11,21H2,1-3H3,(H,22,27)(H,23,25)(H,24,26)(H,28,29)/t13-,15-,16-/m0/s1. The molecule has 0 aromatic heterocycles. The molecule has 160 valence electrons. The zero-order valence-electron chi connectivity index (χ0n) is 17.0. The van der Waals surface area contributed by atoms with E-state index in [-0.39, 0.29) is 25.3 Å². The molecule has 1 aromatic rings. The summed E-state index contributed by atoms with van der Waals surface area (Å²) in [6, 6.07) is 6.14. The van der Waals surface area contributed by atoms with Gasteiger partial charge in [0.05, 0.1) is 6.54 Å². The maximum atomic E-state index is 12.6. The smallest absolute Gasteiger partial charge is 0.326 e.